The summed E-state index contributed by atoms with van der Waals surface area (Å²) in [6.07, 6.45) is 0. The average molecular weight is 349 g/mol. The number of carboxylic acid groups (broad SMARTS) is 1. The number of aromatic carboxylic acids is 1. The van der Waals surface area contributed by atoms with E-state index in [9.17, 15) is 9.59 Å². The van der Waals surface area contributed by atoms with Crippen LogP contribution in [0.3, 0.4) is 0 Å². The first-order chi connectivity index (χ1) is 9.97. The van der Waals surface area contributed by atoms with E-state index in [0.717, 1.165) is 10.0 Å². The quantitative estimate of drug-likeness (QED) is 0.922. The molecule has 1 amide bonds. The van der Waals surface area contributed by atoms with Crippen molar-refractivity contribution in [2.24, 2.45) is 0 Å². The van der Waals surface area contributed by atoms with Crippen LogP contribution >= 0.6 is 15.9 Å². The molecule has 108 valence electrons. The Balaban J connectivity index is 2.13. The maximum atomic E-state index is 12.3. The number of rotatable bonds is 4. The van der Waals surface area contributed by atoms with Crippen molar-refractivity contribution in [3.05, 3.63) is 63.9 Å². The Labute approximate surface area is 130 Å². The first kappa shape index (κ1) is 15.2. The van der Waals surface area contributed by atoms with Gasteiger partial charge in [-0.05, 0) is 29.8 Å². The lowest BCUT2D eigenvalue weighted by Crippen LogP contribution is -2.27. The molecule has 5 nitrogen and oxygen atoms in total. The zero-order valence-corrected chi connectivity index (χ0v) is 12.9. The smallest absolute Gasteiger partial charge is 0.354 e. The summed E-state index contributed by atoms with van der Waals surface area (Å²) < 4.78 is 0.969. The summed E-state index contributed by atoms with van der Waals surface area (Å²) in [5.41, 5.74) is 0.954. The van der Waals surface area contributed by atoms with E-state index < -0.39 is 5.97 Å². The molecule has 0 aliphatic rings. The van der Waals surface area contributed by atoms with Gasteiger partial charge in [0.1, 0.15) is 11.4 Å². The van der Waals surface area contributed by atoms with E-state index >= 15 is 0 Å². The molecule has 21 heavy (non-hydrogen) atoms. The lowest BCUT2D eigenvalue weighted by atomic mass is 10.2. The van der Waals surface area contributed by atoms with Gasteiger partial charge in [0.25, 0.3) is 5.91 Å². The molecule has 0 saturated carbocycles. The van der Waals surface area contributed by atoms with Crippen LogP contribution in [0.2, 0.25) is 0 Å². The number of hydrogen-bond acceptors (Lipinski definition) is 3. The number of hydrogen-bond donors (Lipinski definition) is 1. The molecule has 0 aliphatic heterocycles. The summed E-state index contributed by atoms with van der Waals surface area (Å²) in [7, 11) is 1.65. The fourth-order valence-electron chi connectivity index (χ4n) is 1.80. The number of carbonyl (C=O) groups excluding carboxylic acids is 1. The van der Waals surface area contributed by atoms with Crippen molar-refractivity contribution < 1.29 is 14.7 Å². The number of pyridine rings is 1. The number of aromatic nitrogens is 1. The molecule has 0 saturated heterocycles. The number of halogens is 1. The summed E-state index contributed by atoms with van der Waals surface area (Å²) in [5, 5.41) is 8.90. The van der Waals surface area contributed by atoms with Gasteiger partial charge in [-0.15, -0.1) is 0 Å². The molecule has 0 fully saturated rings. The minimum absolute atomic E-state index is 0.120. The van der Waals surface area contributed by atoms with Gasteiger partial charge < -0.3 is 10.0 Å². The second-order valence-corrected chi connectivity index (χ2v) is 5.42. The van der Waals surface area contributed by atoms with E-state index in [-0.39, 0.29) is 17.3 Å². The zero-order valence-electron chi connectivity index (χ0n) is 11.3. The van der Waals surface area contributed by atoms with Crippen molar-refractivity contribution in [2.45, 2.75) is 6.54 Å². The molecule has 6 heteroatoms. The highest BCUT2D eigenvalue weighted by molar-refractivity contribution is 9.10. The van der Waals surface area contributed by atoms with E-state index in [2.05, 4.69) is 20.9 Å². The van der Waals surface area contributed by atoms with Crippen LogP contribution in [-0.2, 0) is 6.54 Å². The molecule has 0 spiro atoms. The number of benzene rings is 1. The molecule has 0 unspecified atom stereocenters. The molecular weight excluding hydrogens is 336 g/mol. The molecule has 1 N–H and O–H groups in total. The van der Waals surface area contributed by atoms with E-state index in [4.69, 9.17) is 5.11 Å². The molecule has 1 aromatic heterocycles. The molecule has 0 bridgehead atoms. The second kappa shape index (κ2) is 6.49. The predicted octanol–water partition coefficient (Wildman–Crippen LogP) is 2.81. The highest BCUT2D eigenvalue weighted by Gasteiger charge is 2.15. The van der Waals surface area contributed by atoms with E-state index in [1.54, 1.807) is 7.05 Å². The standard InChI is InChI=1S/C15H13BrN2O3/c1-18(9-10-5-7-11(16)8-6-10)14(19)12-3-2-4-13(17-12)15(20)21/h2-8H,9H2,1H3,(H,20,21). The minimum Gasteiger partial charge on any atom is -0.477 e. The van der Waals surface area contributed by atoms with Gasteiger partial charge in [-0.2, -0.15) is 0 Å². The van der Waals surface area contributed by atoms with E-state index in [1.165, 1.54) is 23.1 Å². The van der Waals surface area contributed by atoms with E-state index in [1.807, 2.05) is 24.3 Å². The van der Waals surface area contributed by atoms with Crippen molar-refractivity contribution in [1.29, 1.82) is 0 Å². The molecule has 1 aromatic carbocycles. The van der Waals surface area contributed by atoms with Crippen molar-refractivity contribution in [2.75, 3.05) is 7.05 Å². The lowest BCUT2D eigenvalue weighted by Gasteiger charge is -2.17. The summed E-state index contributed by atoms with van der Waals surface area (Å²) in [4.78, 5) is 28.5. The van der Waals surface area contributed by atoms with Crippen LogP contribution < -0.4 is 0 Å². The molecular formula is C15H13BrN2O3. The van der Waals surface area contributed by atoms with Crippen LogP contribution in [0.1, 0.15) is 26.5 Å². The minimum atomic E-state index is -1.15. The van der Waals surface area contributed by atoms with Gasteiger partial charge in [-0.1, -0.05) is 34.1 Å². The SMILES string of the molecule is CN(Cc1ccc(Br)cc1)C(=O)c1cccc(C(=O)O)n1. The number of carboxylic acids is 1. The first-order valence-electron chi connectivity index (χ1n) is 6.17. The molecule has 0 aliphatic carbocycles. The highest BCUT2D eigenvalue weighted by atomic mass is 79.9. The Hall–Kier alpha value is -2.21. The number of nitrogens with zero attached hydrogens (tertiary/aromatic N) is 2. The Bertz CT molecular complexity index is 671. The third-order valence-electron chi connectivity index (χ3n) is 2.87. The fraction of sp³-hybridized carbons (Fsp3) is 0.133. The van der Waals surface area contributed by atoms with Crippen LogP contribution in [0.4, 0.5) is 0 Å². The normalized spacial score (nSPS) is 10.2. The second-order valence-electron chi connectivity index (χ2n) is 4.50. The number of carbonyl (C=O) groups is 2. The molecule has 2 rings (SSSR count). The van der Waals surface area contributed by atoms with Crippen LogP contribution in [0.5, 0.6) is 0 Å². The maximum Gasteiger partial charge on any atom is 0.354 e. The summed E-state index contributed by atoms with van der Waals surface area (Å²) in [5.74, 6) is -1.47. The van der Waals surface area contributed by atoms with Crippen LogP contribution in [0.15, 0.2) is 46.9 Å². The van der Waals surface area contributed by atoms with Crippen LogP contribution in [0, 0.1) is 0 Å². The largest absolute Gasteiger partial charge is 0.477 e. The predicted molar refractivity (Wildman–Crippen MR) is 81.1 cm³/mol. The first-order valence-corrected chi connectivity index (χ1v) is 6.97. The van der Waals surface area contributed by atoms with Gasteiger partial charge in [0, 0.05) is 18.1 Å². The summed E-state index contributed by atoms with van der Waals surface area (Å²) in [6, 6.07) is 12.0. The molecule has 0 atom stereocenters. The number of amides is 1. The Kier molecular flexibility index (Phi) is 4.70. The monoisotopic (exact) mass is 348 g/mol. The van der Waals surface area contributed by atoms with Crippen molar-refractivity contribution in [3.63, 3.8) is 0 Å². The fourth-order valence-corrected chi connectivity index (χ4v) is 2.07. The Morgan fingerprint density at radius 2 is 1.76 bits per heavy atom. The Morgan fingerprint density at radius 3 is 2.38 bits per heavy atom. The van der Waals surface area contributed by atoms with Crippen LogP contribution in [-0.4, -0.2) is 33.9 Å². The van der Waals surface area contributed by atoms with Crippen molar-refractivity contribution in [3.8, 4) is 0 Å². The summed E-state index contributed by atoms with van der Waals surface area (Å²) in [6.45, 7) is 0.422. The molecule has 2 aromatic rings. The Morgan fingerprint density at radius 1 is 1.14 bits per heavy atom. The van der Waals surface area contributed by atoms with Gasteiger partial charge >= 0.3 is 5.97 Å². The average Bonchev–Trinajstić information content (AvgIpc) is 2.49. The third kappa shape index (κ3) is 3.88. The lowest BCUT2D eigenvalue weighted by molar-refractivity contribution is 0.0690. The molecule has 1 heterocycles. The van der Waals surface area contributed by atoms with Gasteiger partial charge in [0.2, 0.25) is 0 Å². The maximum absolute atomic E-state index is 12.3. The third-order valence-corrected chi connectivity index (χ3v) is 3.40. The molecule has 0 radical (unpaired) electrons. The van der Waals surface area contributed by atoms with Gasteiger partial charge in [-0.3, -0.25) is 4.79 Å². The van der Waals surface area contributed by atoms with Gasteiger partial charge in [0.15, 0.2) is 0 Å². The van der Waals surface area contributed by atoms with Gasteiger partial charge in [0.05, 0.1) is 0 Å². The van der Waals surface area contributed by atoms with Crippen LogP contribution in [0.25, 0.3) is 0 Å². The summed E-state index contributed by atoms with van der Waals surface area (Å²) >= 11 is 3.35. The highest BCUT2D eigenvalue weighted by Crippen LogP contribution is 2.13. The topological polar surface area (TPSA) is 70.5 Å². The zero-order chi connectivity index (χ0) is 15.4. The van der Waals surface area contributed by atoms with Gasteiger partial charge in [-0.25, -0.2) is 9.78 Å². The van der Waals surface area contributed by atoms with Crippen molar-refractivity contribution in [1.82, 2.24) is 9.88 Å². The van der Waals surface area contributed by atoms with E-state index in [0.29, 0.717) is 6.54 Å². The van der Waals surface area contributed by atoms with Crippen molar-refractivity contribution >= 4 is 27.8 Å².